The van der Waals surface area contributed by atoms with E-state index in [1.165, 1.54) is 4.90 Å². The first-order valence-corrected chi connectivity index (χ1v) is 6.66. The molecule has 1 aliphatic carbocycles. The molecule has 4 nitrogen and oxygen atoms in total. The quantitative estimate of drug-likeness (QED) is 0.870. The highest BCUT2D eigenvalue weighted by atomic mass is 35.5. The summed E-state index contributed by atoms with van der Waals surface area (Å²) in [4.78, 5) is 24.4. The molecule has 1 fully saturated rings. The second-order valence-electron chi connectivity index (χ2n) is 4.91. The minimum Gasteiger partial charge on any atom is -0.480 e. The molecule has 0 radical (unpaired) electrons. The number of halogens is 1. The highest BCUT2D eigenvalue weighted by molar-refractivity contribution is 6.30. The Morgan fingerprint density at radius 1 is 1.26 bits per heavy atom. The Bertz CT molecular complexity index is 468. The molecule has 0 aromatic heterocycles. The topological polar surface area (TPSA) is 57.6 Å². The van der Waals surface area contributed by atoms with E-state index in [1.807, 2.05) is 0 Å². The van der Waals surface area contributed by atoms with Gasteiger partial charge in [0.2, 0.25) is 5.91 Å². The molecule has 1 amide bonds. The lowest BCUT2D eigenvalue weighted by Gasteiger charge is -2.20. The molecule has 0 bridgehead atoms. The number of aliphatic carboxylic acids is 1. The zero-order chi connectivity index (χ0) is 13.8. The number of nitrogens with zero attached hydrogens (tertiary/aromatic N) is 1. The number of carbonyl (C=O) groups is 2. The Kier molecular flexibility index (Phi) is 4.43. The third kappa shape index (κ3) is 4.56. The number of rotatable bonds is 6. The van der Waals surface area contributed by atoms with Crippen molar-refractivity contribution in [3.8, 4) is 0 Å². The minimum atomic E-state index is -0.967. The Labute approximate surface area is 117 Å². The highest BCUT2D eigenvalue weighted by Crippen LogP contribution is 2.29. The fourth-order valence-electron chi connectivity index (χ4n) is 1.92. The van der Waals surface area contributed by atoms with Gasteiger partial charge in [0.05, 0.1) is 6.42 Å². The van der Waals surface area contributed by atoms with E-state index >= 15 is 0 Å². The first-order valence-electron chi connectivity index (χ1n) is 6.28. The maximum Gasteiger partial charge on any atom is 0.323 e. The van der Waals surface area contributed by atoms with Crippen LogP contribution in [0.1, 0.15) is 18.4 Å². The van der Waals surface area contributed by atoms with E-state index in [1.54, 1.807) is 24.3 Å². The molecule has 0 spiro atoms. The third-order valence-electron chi connectivity index (χ3n) is 3.12. The Balaban J connectivity index is 1.97. The lowest BCUT2D eigenvalue weighted by Crippen LogP contribution is -2.38. The molecule has 1 saturated carbocycles. The maximum atomic E-state index is 12.1. The monoisotopic (exact) mass is 281 g/mol. The van der Waals surface area contributed by atoms with Crippen LogP contribution in [-0.4, -0.2) is 35.0 Å². The van der Waals surface area contributed by atoms with Gasteiger partial charge in [-0.3, -0.25) is 9.59 Å². The van der Waals surface area contributed by atoms with Gasteiger partial charge in [-0.05, 0) is 36.5 Å². The van der Waals surface area contributed by atoms with Crippen LogP contribution in [-0.2, 0) is 16.0 Å². The van der Waals surface area contributed by atoms with Crippen molar-refractivity contribution < 1.29 is 14.7 Å². The molecule has 0 aliphatic heterocycles. The van der Waals surface area contributed by atoms with Gasteiger partial charge in [-0.1, -0.05) is 23.7 Å². The molecule has 2 rings (SSSR count). The van der Waals surface area contributed by atoms with Crippen molar-refractivity contribution in [2.75, 3.05) is 13.1 Å². The van der Waals surface area contributed by atoms with Gasteiger partial charge in [0.1, 0.15) is 6.54 Å². The van der Waals surface area contributed by atoms with Gasteiger partial charge in [-0.15, -0.1) is 0 Å². The van der Waals surface area contributed by atoms with Crippen LogP contribution in [0, 0.1) is 5.92 Å². The summed E-state index contributed by atoms with van der Waals surface area (Å²) in [5, 5.41) is 9.48. The zero-order valence-electron chi connectivity index (χ0n) is 10.5. The smallest absolute Gasteiger partial charge is 0.323 e. The van der Waals surface area contributed by atoms with Crippen molar-refractivity contribution in [1.82, 2.24) is 4.90 Å². The van der Waals surface area contributed by atoms with E-state index in [4.69, 9.17) is 16.7 Å². The molecule has 0 atom stereocenters. The molecule has 102 valence electrons. The van der Waals surface area contributed by atoms with Crippen LogP contribution < -0.4 is 0 Å². The summed E-state index contributed by atoms with van der Waals surface area (Å²) in [6.45, 7) is 0.335. The first kappa shape index (κ1) is 13.9. The molecule has 0 unspecified atom stereocenters. The van der Waals surface area contributed by atoms with E-state index in [-0.39, 0.29) is 18.9 Å². The Morgan fingerprint density at radius 3 is 2.42 bits per heavy atom. The van der Waals surface area contributed by atoms with Gasteiger partial charge in [-0.2, -0.15) is 0 Å². The maximum absolute atomic E-state index is 12.1. The summed E-state index contributed by atoms with van der Waals surface area (Å²) >= 11 is 5.78. The summed E-state index contributed by atoms with van der Waals surface area (Å²) in [7, 11) is 0. The molecule has 1 aliphatic rings. The average Bonchev–Trinajstić information content (AvgIpc) is 3.14. The summed E-state index contributed by atoms with van der Waals surface area (Å²) in [6, 6.07) is 7.03. The second-order valence-corrected chi connectivity index (χ2v) is 5.35. The summed E-state index contributed by atoms with van der Waals surface area (Å²) in [5.41, 5.74) is 0.848. The van der Waals surface area contributed by atoms with Gasteiger partial charge in [0.25, 0.3) is 0 Å². The normalized spacial score (nSPS) is 14.2. The van der Waals surface area contributed by atoms with Crippen LogP contribution in [0.25, 0.3) is 0 Å². The third-order valence-corrected chi connectivity index (χ3v) is 3.37. The van der Waals surface area contributed by atoms with E-state index in [2.05, 4.69) is 0 Å². The SMILES string of the molecule is O=C(O)CN(CC1CC1)C(=O)Cc1ccc(Cl)cc1. The molecule has 1 aromatic carbocycles. The van der Waals surface area contributed by atoms with E-state index in [0.29, 0.717) is 17.5 Å². The number of hydrogen-bond donors (Lipinski definition) is 1. The predicted octanol–water partition coefficient (Wildman–Crippen LogP) is 2.21. The summed E-state index contributed by atoms with van der Waals surface area (Å²) in [6.07, 6.45) is 2.39. The fourth-order valence-corrected chi connectivity index (χ4v) is 2.04. The molecule has 5 heteroatoms. The standard InChI is InChI=1S/C14H16ClNO3/c15-12-5-3-10(4-6-12)7-13(17)16(9-14(18)19)8-11-1-2-11/h3-6,11H,1-2,7-9H2,(H,18,19). The number of carboxylic acid groups (broad SMARTS) is 1. The number of hydrogen-bond acceptors (Lipinski definition) is 2. The van der Waals surface area contributed by atoms with Crippen LogP contribution >= 0.6 is 11.6 Å². The van der Waals surface area contributed by atoms with E-state index in [0.717, 1.165) is 18.4 Å². The van der Waals surface area contributed by atoms with Gasteiger partial charge in [0, 0.05) is 11.6 Å². The predicted molar refractivity (Wildman–Crippen MR) is 72.1 cm³/mol. The van der Waals surface area contributed by atoms with Gasteiger partial charge >= 0.3 is 5.97 Å². The summed E-state index contributed by atoms with van der Waals surface area (Å²) < 4.78 is 0. The van der Waals surface area contributed by atoms with Crippen molar-refractivity contribution in [3.05, 3.63) is 34.9 Å². The van der Waals surface area contributed by atoms with Gasteiger partial charge in [0.15, 0.2) is 0 Å². The van der Waals surface area contributed by atoms with Crippen LogP contribution in [0.4, 0.5) is 0 Å². The van der Waals surface area contributed by atoms with Crippen molar-refractivity contribution in [2.45, 2.75) is 19.3 Å². The van der Waals surface area contributed by atoms with Crippen molar-refractivity contribution in [1.29, 1.82) is 0 Å². The molecule has 1 N–H and O–H groups in total. The Hall–Kier alpha value is -1.55. The summed E-state index contributed by atoms with van der Waals surface area (Å²) in [5.74, 6) is -0.629. The largest absolute Gasteiger partial charge is 0.480 e. The first-order chi connectivity index (χ1) is 9.04. The van der Waals surface area contributed by atoms with Crippen LogP contribution in [0.2, 0.25) is 5.02 Å². The average molecular weight is 282 g/mol. The van der Waals surface area contributed by atoms with Crippen LogP contribution in [0.15, 0.2) is 24.3 Å². The zero-order valence-corrected chi connectivity index (χ0v) is 11.3. The molecule has 0 saturated heterocycles. The lowest BCUT2D eigenvalue weighted by molar-refractivity contribution is -0.144. The lowest BCUT2D eigenvalue weighted by atomic mass is 10.1. The van der Waals surface area contributed by atoms with Gasteiger partial charge in [-0.25, -0.2) is 0 Å². The molecular formula is C14H16ClNO3. The van der Waals surface area contributed by atoms with E-state index < -0.39 is 5.97 Å². The second kappa shape index (κ2) is 6.06. The number of benzene rings is 1. The van der Waals surface area contributed by atoms with Crippen molar-refractivity contribution in [3.63, 3.8) is 0 Å². The van der Waals surface area contributed by atoms with Crippen molar-refractivity contribution >= 4 is 23.5 Å². The van der Waals surface area contributed by atoms with Crippen molar-refractivity contribution in [2.24, 2.45) is 5.92 Å². The number of amides is 1. The highest BCUT2D eigenvalue weighted by Gasteiger charge is 2.27. The molecule has 19 heavy (non-hydrogen) atoms. The fraction of sp³-hybridized carbons (Fsp3) is 0.429. The van der Waals surface area contributed by atoms with Crippen LogP contribution in [0.5, 0.6) is 0 Å². The molecule has 0 heterocycles. The Morgan fingerprint density at radius 2 is 1.89 bits per heavy atom. The number of carbonyl (C=O) groups excluding carboxylic acids is 1. The van der Waals surface area contributed by atoms with Crippen LogP contribution in [0.3, 0.4) is 0 Å². The van der Waals surface area contributed by atoms with Gasteiger partial charge < -0.3 is 10.0 Å². The number of carboxylic acids is 1. The minimum absolute atomic E-state index is 0.142. The van der Waals surface area contributed by atoms with E-state index in [9.17, 15) is 9.59 Å². The molecule has 1 aromatic rings. The molecular weight excluding hydrogens is 266 g/mol.